The minimum Gasteiger partial charge on any atom is -0.495 e. The summed E-state index contributed by atoms with van der Waals surface area (Å²) in [6.45, 7) is 0.514. The van der Waals surface area contributed by atoms with E-state index in [1.807, 2.05) is 18.2 Å². The lowest BCUT2D eigenvalue weighted by Crippen LogP contribution is -2.33. The molecule has 3 amide bonds. The summed E-state index contributed by atoms with van der Waals surface area (Å²) < 4.78 is 5.25. The van der Waals surface area contributed by atoms with Gasteiger partial charge in [-0.05, 0) is 30.3 Å². The topological polar surface area (TPSA) is 83.6 Å². The van der Waals surface area contributed by atoms with Crippen molar-refractivity contribution in [3.8, 4) is 5.75 Å². The molecule has 2 N–H and O–H groups in total. The molecule has 1 aromatic carbocycles. The maximum atomic E-state index is 12.4. The van der Waals surface area contributed by atoms with E-state index in [9.17, 15) is 9.59 Å². The molecule has 7 heteroatoms. The van der Waals surface area contributed by atoms with Gasteiger partial charge in [0.2, 0.25) is 0 Å². The highest BCUT2D eigenvalue weighted by molar-refractivity contribution is 5.97. The van der Waals surface area contributed by atoms with Crippen LogP contribution in [0, 0.1) is 0 Å². The fraction of sp³-hybridized carbons (Fsp3) is 0.278. The molecule has 0 saturated carbocycles. The minimum atomic E-state index is -0.289. The summed E-state index contributed by atoms with van der Waals surface area (Å²) in [6.07, 6.45) is 2.38. The number of likely N-dealkylation sites (N-methyl/N-ethyl adjacent to an activating group) is 1. The van der Waals surface area contributed by atoms with E-state index < -0.39 is 0 Å². The van der Waals surface area contributed by atoms with Gasteiger partial charge in [-0.1, -0.05) is 6.07 Å². The third kappa shape index (κ3) is 4.94. The monoisotopic (exact) mass is 342 g/mol. The smallest absolute Gasteiger partial charge is 0.321 e. The molecule has 0 atom stereocenters. The van der Waals surface area contributed by atoms with Gasteiger partial charge in [-0.3, -0.25) is 9.78 Å². The van der Waals surface area contributed by atoms with Crippen molar-refractivity contribution >= 4 is 17.6 Å². The minimum absolute atomic E-state index is 0.235. The number of rotatable bonds is 6. The summed E-state index contributed by atoms with van der Waals surface area (Å²) >= 11 is 0. The van der Waals surface area contributed by atoms with Crippen LogP contribution in [-0.4, -0.2) is 49.6 Å². The predicted octanol–water partition coefficient (Wildman–Crippen LogP) is 2.16. The van der Waals surface area contributed by atoms with E-state index in [0.717, 1.165) is 5.69 Å². The van der Waals surface area contributed by atoms with Crippen LogP contribution in [0.25, 0.3) is 0 Å². The number of benzene rings is 1. The quantitative estimate of drug-likeness (QED) is 0.843. The highest BCUT2D eigenvalue weighted by atomic mass is 16.5. The molecular formula is C18H22N4O3. The summed E-state index contributed by atoms with van der Waals surface area (Å²) in [5.41, 5.74) is 1.80. The Morgan fingerprint density at radius 2 is 2.04 bits per heavy atom. The number of hydrogen-bond acceptors (Lipinski definition) is 4. The molecule has 0 unspecified atom stereocenters. The zero-order valence-electron chi connectivity index (χ0n) is 14.6. The fourth-order valence-electron chi connectivity index (χ4n) is 2.23. The van der Waals surface area contributed by atoms with Gasteiger partial charge in [-0.25, -0.2) is 4.79 Å². The molecule has 2 aromatic rings. The average Bonchev–Trinajstić information content (AvgIpc) is 2.66. The zero-order chi connectivity index (χ0) is 18.2. The molecule has 0 aliphatic rings. The highest BCUT2D eigenvalue weighted by Gasteiger charge is 2.14. The van der Waals surface area contributed by atoms with Gasteiger partial charge in [0.1, 0.15) is 5.75 Å². The van der Waals surface area contributed by atoms with Gasteiger partial charge in [-0.15, -0.1) is 0 Å². The number of nitrogens with zero attached hydrogens (tertiary/aromatic N) is 2. The Morgan fingerprint density at radius 1 is 1.24 bits per heavy atom. The number of carbonyl (C=O) groups is 2. The summed E-state index contributed by atoms with van der Waals surface area (Å²) in [4.78, 5) is 29.9. The molecule has 0 fully saturated rings. The lowest BCUT2D eigenvalue weighted by Gasteiger charge is -2.19. The van der Waals surface area contributed by atoms with Gasteiger partial charge in [0.25, 0.3) is 5.91 Å². The first-order chi connectivity index (χ1) is 12.0. The molecule has 0 bridgehead atoms. The van der Waals surface area contributed by atoms with Crippen LogP contribution in [0.15, 0.2) is 42.6 Å². The third-order valence-electron chi connectivity index (χ3n) is 3.71. The highest BCUT2D eigenvalue weighted by Crippen LogP contribution is 2.25. The van der Waals surface area contributed by atoms with Crippen LogP contribution >= 0.6 is 0 Å². The van der Waals surface area contributed by atoms with Crippen molar-refractivity contribution in [3.63, 3.8) is 0 Å². The van der Waals surface area contributed by atoms with Crippen LogP contribution in [0.4, 0.5) is 10.5 Å². The van der Waals surface area contributed by atoms with Gasteiger partial charge in [0, 0.05) is 44.5 Å². The maximum absolute atomic E-state index is 12.4. The van der Waals surface area contributed by atoms with Crippen molar-refractivity contribution in [2.24, 2.45) is 0 Å². The number of anilines is 1. The van der Waals surface area contributed by atoms with Crippen LogP contribution in [0.5, 0.6) is 5.75 Å². The first-order valence-electron chi connectivity index (χ1n) is 7.87. The summed E-state index contributed by atoms with van der Waals surface area (Å²) in [5.74, 6) is 0.251. The number of hydrogen-bond donors (Lipinski definition) is 2. The van der Waals surface area contributed by atoms with E-state index in [2.05, 4.69) is 15.6 Å². The van der Waals surface area contributed by atoms with Gasteiger partial charge >= 0.3 is 6.03 Å². The number of methoxy groups -OCH3 is 1. The largest absolute Gasteiger partial charge is 0.495 e. The number of carbonyl (C=O) groups excluding carboxylic acids is 2. The molecule has 1 heterocycles. The molecule has 0 saturated heterocycles. The first-order valence-corrected chi connectivity index (χ1v) is 7.87. The maximum Gasteiger partial charge on any atom is 0.321 e. The third-order valence-corrected chi connectivity index (χ3v) is 3.71. The van der Waals surface area contributed by atoms with E-state index in [0.29, 0.717) is 30.0 Å². The van der Waals surface area contributed by atoms with Gasteiger partial charge in [0.05, 0.1) is 12.8 Å². The number of ether oxygens (including phenoxy) is 1. The average molecular weight is 342 g/mol. The van der Waals surface area contributed by atoms with E-state index in [1.54, 1.807) is 43.4 Å². The Hall–Kier alpha value is -3.09. The van der Waals surface area contributed by atoms with Crippen LogP contribution in [0.3, 0.4) is 0 Å². The molecule has 132 valence electrons. The molecular weight excluding hydrogens is 320 g/mol. The van der Waals surface area contributed by atoms with Crippen molar-refractivity contribution in [2.75, 3.05) is 33.1 Å². The number of urea groups is 1. The Labute approximate surface area is 147 Å². The number of aromatic nitrogens is 1. The normalized spacial score (nSPS) is 10.0. The Bertz CT molecular complexity index is 734. The SMILES string of the molecule is CNC(=O)c1ccc(OC)c(NC(=O)N(C)CCc2ccccn2)c1. The van der Waals surface area contributed by atoms with Crippen LogP contribution in [0.2, 0.25) is 0 Å². The number of nitrogens with one attached hydrogen (secondary N) is 2. The van der Waals surface area contributed by atoms with E-state index in [-0.39, 0.29) is 11.9 Å². The Morgan fingerprint density at radius 3 is 2.68 bits per heavy atom. The van der Waals surface area contributed by atoms with Crippen molar-refractivity contribution in [1.82, 2.24) is 15.2 Å². The van der Waals surface area contributed by atoms with Crippen molar-refractivity contribution in [2.45, 2.75) is 6.42 Å². The fourth-order valence-corrected chi connectivity index (χ4v) is 2.23. The van der Waals surface area contributed by atoms with Gasteiger partial charge in [-0.2, -0.15) is 0 Å². The zero-order valence-corrected chi connectivity index (χ0v) is 14.6. The lowest BCUT2D eigenvalue weighted by atomic mass is 10.1. The van der Waals surface area contributed by atoms with Crippen molar-refractivity contribution in [1.29, 1.82) is 0 Å². The molecule has 0 aliphatic heterocycles. The molecule has 7 nitrogen and oxygen atoms in total. The molecule has 25 heavy (non-hydrogen) atoms. The second kappa shape index (κ2) is 8.68. The molecule has 0 spiro atoms. The van der Waals surface area contributed by atoms with Crippen LogP contribution < -0.4 is 15.4 Å². The van der Waals surface area contributed by atoms with Crippen LogP contribution in [0.1, 0.15) is 16.1 Å². The summed E-state index contributed by atoms with van der Waals surface area (Å²) in [5, 5.41) is 5.33. The second-order valence-electron chi connectivity index (χ2n) is 5.42. The summed E-state index contributed by atoms with van der Waals surface area (Å²) in [7, 11) is 4.76. The van der Waals surface area contributed by atoms with Gasteiger partial charge in [0.15, 0.2) is 0 Å². The standard InChI is InChI=1S/C18H22N4O3/c1-19-17(23)13-7-8-16(25-3)15(12-13)21-18(24)22(2)11-9-14-6-4-5-10-20-14/h4-8,10,12H,9,11H2,1-3H3,(H,19,23)(H,21,24). The number of pyridine rings is 1. The van der Waals surface area contributed by atoms with Crippen molar-refractivity contribution < 1.29 is 14.3 Å². The first kappa shape index (κ1) is 18.3. The van der Waals surface area contributed by atoms with Crippen LogP contribution in [-0.2, 0) is 6.42 Å². The van der Waals surface area contributed by atoms with Gasteiger partial charge < -0.3 is 20.3 Å². The molecule has 0 radical (unpaired) electrons. The van der Waals surface area contributed by atoms with E-state index in [1.165, 1.54) is 7.11 Å². The Kier molecular flexibility index (Phi) is 6.33. The van der Waals surface area contributed by atoms with E-state index >= 15 is 0 Å². The molecule has 0 aliphatic carbocycles. The Balaban J connectivity index is 2.04. The predicted molar refractivity (Wildman–Crippen MR) is 96.0 cm³/mol. The second-order valence-corrected chi connectivity index (χ2v) is 5.42. The molecule has 1 aromatic heterocycles. The molecule has 2 rings (SSSR count). The van der Waals surface area contributed by atoms with Crippen molar-refractivity contribution in [3.05, 3.63) is 53.9 Å². The van der Waals surface area contributed by atoms with E-state index in [4.69, 9.17) is 4.74 Å². The number of amides is 3. The lowest BCUT2D eigenvalue weighted by molar-refractivity contribution is 0.0963. The summed E-state index contributed by atoms with van der Waals surface area (Å²) in [6, 6.07) is 10.3.